The molecule has 0 saturated carbocycles. The highest BCUT2D eigenvalue weighted by Crippen LogP contribution is 2.24. The van der Waals surface area contributed by atoms with Crippen LogP contribution in [-0.4, -0.2) is 19.1 Å². The normalized spacial score (nSPS) is 10.1. The highest BCUT2D eigenvalue weighted by atomic mass is 19.2. The van der Waals surface area contributed by atoms with Crippen molar-refractivity contribution in [2.45, 2.75) is 0 Å². The van der Waals surface area contributed by atoms with Crippen LogP contribution in [0.25, 0.3) is 11.3 Å². The third kappa shape index (κ3) is 2.52. The van der Waals surface area contributed by atoms with Gasteiger partial charge in [0, 0.05) is 19.7 Å². The number of anilines is 1. The summed E-state index contributed by atoms with van der Waals surface area (Å²) in [6, 6.07) is 8.85. The first-order valence-electron chi connectivity index (χ1n) is 5.57. The fourth-order valence-corrected chi connectivity index (χ4v) is 1.69. The summed E-state index contributed by atoms with van der Waals surface area (Å²) in [4.78, 5) is 5.99. The molecule has 1 aromatic heterocycles. The zero-order valence-electron chi connectivity index (χ0n) is 10.5. The van der Waals surface area contributed by atoms with Crippen molar-refractivity contribution in [2.75, 3.05) is 19.0 Å². The fraction of sp³-hybridized carbons (Fsp3) is 0.143. The molecule has 0 aliphatic rings. The molecule has 2 rings (SSSR count). The Morgan fingerprint density at radius 2 is 1.84 bits per heavy atom. The van der Waals surface area contributed by atoms with E-state index in [1.165, 1.54) is 6.07 Å². The molecule has 0 spiro atoms. The van der Waals surface area contributed by atoms with E-state index in [1.807, 2.05) is 6.07 Å². The Hall–Kier alpha value is -2.48. The van der Waals surface area contributed by atoms with Crippen molar-refractivity contribution in [3.63, 3.8) is 0 Å². The van der Waals surface area contributed by atoms with Gasteiger partial charge in [0.15, 0.2) is 11.6 Å². The molecule has 19 heavy (non-hydrogen) atoms. The first kappa shape index (κ1) is 13.0. The summed E-state index contributed by atoms with van der Waals surface area (Å²) in [5.41, 5.74) is 1.38. The van der Waals surface area contributed by atoms with Gasteiger partial charge in [0.05, 0.1) is 11.3 Å². The molecule has 0 unspecified atom stereocenters. The van der Waals surface area contributed by atoms with E-state index >= 15 is 0 Å². The van der Waals surface area contributed by atoms with Gasteiger partial charge >= 0.3 is 0 Å². The van der Waals surface area contributed by atoms with E-state index < -0.39 is 11.6 Å². The monoisotopic (exact) mass is 259 g/mol. The molecular formula is C14H11F2N3. The smallest absolute Gasteiger partial charge is 0.159 e. The molecule has 0 radical (unpaired) electrons. The second kappa shape index (κ2) is 5.02. The molecule has 0 aliphatic carbocycles. The van der Waals surface area contributed by atoms with E-state index in [0.717, 1.165) is 12.1 Å². The SMILES string of the molecule is CN(C)c1nc(-c2ccc(F)c(F)c2)ccc1C#N. The Balaban J connectivity index is 2.54. The number of nitrogens with zero attached hydrogens (tertiary/aromatic N) is 3. The molecule has 0 fully saturated rings. The van der Waals surface area contributed by atoms with E-state index in [-0.39, 0.29) is 0 Å². The minimum atomic E-state index is -0.921. The fourth-order valence-electron chi connectivity index (χ4n) is 1.69. The van der Waals surface area contributed by atoms with Crippen LogP contribution in [0.15, 0.2) is 30.3 Å². The van der Waals surface area contributed by atoms with Crippen LogP contribution in [0.3, 0.4) is 0 Å². The lowest BCUT2D eigenvalue weighted by Gasteiger charge is -2.14. The van der Waals surface area contributed by atoms with Crippen LogP contribution >= 0.6 is 0 Å². The molecule has 2 aromatic rings. The maximum absolute atomic E-state index is 13.2. The highest BCUT2D eigenvalue weighted by molar-refractivity contribution is 5.65. The molecule has 0 saturated heterocycles. The largest absolute Gasteiger partial charge is 0.362 e. The Morgan fingerprint density at radius 1 is 1.11 bits per heavy atom. The van der Waals surface area contributed by atoms with Gasteiger partial charge < -0.3 is 4.90 Å². The van der Waals surface area contributed by atoms with Crippen molar-refractivity contribution < 1.29 is 8.78 Å². The predicted octanol–water partition coefficient (Wildman–Crippen LogP) is 2.96. The predicted molar refractivity (Wildman–Crippen MR) is 68.6 cm³/mol. The van der Waals surface area contributed by atoms with Crippen LogP contribution < -0.4 is 4.90 Å². The number of pyridine rings is 1. The molecule has 1 aromatic carbocycles. The van der Waals surface area contributed by atoms with Gasteiger partial charge in [-0.2, -0.15) is 5.26 Å². The van der Waals surface area contributed by atoms with Crippen LogP contribution in [0.2, 0.25) is 0 Å². The maximum Gasteiger partial charge on any atom is 0.159 e. The van der Waals surface area contributed by atoms with Gasteiger partial charge in [-0.05, 0) is 30.3 Å². The van der Waals surface area contributed by atoms with Crippen molar-refractivity contribution >= 4 is 5.82 Å². The number of rotatable bonds is 2. The first-order valence-corrected chi connectivity index (χ1v) is 5.57. The van der Waals surface area contributed by atoms with Crippen LogP contribution in [-0.2, 0) is 0 Å². The number of aromatic nitrogens is 1. The average Bonchev–Trinajstić information content (AvgIpc) is 2.41. The number of hydrogen-bond donors (Lipinski definition) is 0. The summed E-state index contributed by atoms with van der Waals surface area (Å²) in [6.07, 6.45) is 0. The van der Waals surface area contributed by atoms with Gasteiger partial charge in [-0.3, -0.25) is 0 Å². The van der Waals surface area contributed by atoms with Crippen LogP contribution in [0.4, 0.5) is 14.6 Å². The molecule has 3 nitrogen and oxygen atoms in total. The van der Waals surface area contributed by atoms with E-state index in [1.54, 1.807) is 31.1 Å². The summed E-state index contributed by atoms with van der Waals surface area (Å²) in [5, 5.41) is 8.98. The summed E-state index contributed by atoms with van der Waals surface area (Å²) >= 11 is 0. The molecule has 1 heterocycles. The third-order valence-corrected chi connectivity index (χ3v) is 2.63. The molecule has 0 aliphatic heterocycles. The van der Waals surface area contributed by atoms with Crippen LogP contribution in [0.5, 0.6) is 0 Å². The zero-order valence-corrected chi connectivity index (χ0v) is 10.5. The van der Waals surface area contributed by atoms with Gasteiger partial charge in [0.25, 0.3) is 0 Å². The maximum atomic E-state index is 13.2. The highest BCUT2D eigenvalue weighted by Gasteiger charge is 2.10. The van der Waals surface area contributed by atoms with Crippen molar-refractivity contribution in [1.82, 2.24) is 4.98 Å². The van der Waals surface area contributed by atoms with E-state index in [0.29, 0.717) is 22.6 Å². The number of halogens is 2. The average molecular weight is 259 g/mol. The molecule has 0 atom stereocenters. The first-order chi connectivity index (χ1) is 9.02. The van der Waals surface area contributed by atoms with Crippen molar-refractivity contribution in [2.24, 2.45) is 0 Å². The molecule has 5 heteroatoms. The van der Waals surface area contributed by atoms with Crippen molar-refractivity contribution in [3.8, 4) is 17.3 Å². The summed E-state index contributed by atoms with van der Waals surface area (Å²) in [7, 11) is 3.52. The van der Waals surface area contributed by atoms with Crippen LogP contribution in [0, 0.1) is 23.0 Å². The van der Waals surface area contributed by atoms with E-state index in [2.05, 4.69) is 4.98 Å². The van der Waals surface area contributed by atoms with Gasteiger partial charge in [0.2, 0.25) is 0 Å². The Morgan fingerprint density at radius 3 is 2.42 bits per heavy atom. The minimum absolute atomic E-state index is 0.427. The van der Waals surface area contributed by atoms with Crippen molar-refractivity contribution in [3.05, 3.63) is 47.5 Å². The molecular weight excluding hydrogens is 248 g/mol. The van der Waals surface area contributed by atoms with Gasteiger partial charge in [-0.15, -0.1) is 0 Å². The number of hydrogen-bond acceptors (Lipinski definition) is 3. The minimum Gasteiger partial charge on any atom is -0.362 e. The zero-order chi connectivity index (χ0) is 14.0. The molecule has 0 N–H and O–H groups in total. The Labute approximate surface area is 109 Å². The number of benzene rings is 1. The van der Waals surface area contributed by atoms with E-state index in [4.69, 9.17) is 5.26 Å². The second-order valence-electron chi connectivity index (χ2n) is 4.20. The van der Waals surface area contributed by atoms with Crippen molar-refractivity contribution in [1.29, 1.82) is 5.26 Å². The Kier molecular flexibility index (Phi) is 3.43. The lowest BCUT2D eigenvalue weighted by atomic mass is 10.1. The lowest BCUT2D eigenvalue weighted by molar-refractivity contribution is 0.509. The lowest BCUT2D eigenvalue weighted by Crippen LogP contribution is -2.12. The topological polar surface area (TPSA) is 39.9 Å². The van der Waals surface area contributed by atoms with Gasteiger partial charge in [0.1, 0.15) is 11.9 Å². The molecule has 96 valence electrons. The Bertz CT molecular complexity index is 660. The summed E-state index contributed by atoms with van der Waals surface area (Å²) in [5.74, 6) is -1.33. The summed E-state index contributed by atoms with van der Waals surface area (Å²) < 4.78 is 26.1. The van der Waals surface area contributed by atoms with E-state index in [9.17, 15) is 8.78 Å². The standard InChI is InChI=1S/C14H11F2N3/c1-19(2)14-10(8-17)4-6-13(18-14)9-3-5-11(15)12(16)7-9/h3-7H,1-2H3. The van der Waals surface area contributed by atoms with Gasteiger partial charge in [-0.25, -0.2) is 13.8 Å². The number of nitriles is 1. The summed E-state index contributed by atoms with van der Waals surface area (Å²) in [6.45, 7) is 0. The van der Waals surface area contributed by atoms with Gasteiger partial charge in [-0.1, -0.05) is 0 Å². The molecule has 0 bridgehead atoms. The van der Waals surface area contributed by atoms with Crippen LogP contribution in [0.1, 0.15) is 5.56 Å². The second-order valence-corrected chi connectivity index (χ2v) is 4.20. The molecule has 0 amide bonds. The third-order valence-electron chi connectivity index (χ3n) is 2.63. The quantitative estimate of drug-likeness (QED) is 0.832.